The molecular formula is C23H25N5O4S. The monoisotopic (exact) mass is 467 g/mol. The van der Waals surface area contributed by atoms with Gasteiger partial charge in [-0.3, -0.25) is 0 Å². The number of aryl methyl sites for hydroxylation is 1. The van der Waals surface area contributed by atoms with Crippen molar-refractivity contribution in [2.45, 2.75) is 37.2 Å². The predicted octanol–water partition coefficient (Wildman–Crippen LogP) is 3.42. The zero-order valence-electron chi connectivity index (χ0n) is 18.5. The van der Waals surface area contributed by atoms with Crippen molar-refractivity contribution in [2.75, 3.05) is 24.2 Å². The number of piperidine rings is 1. The van der Waals surface area contributed by atoms with Crippen LogP contribution in [-0.2, 0) is 16.3 Å². The minimum atomic E-state index is -3.25. The molecule has 1 saturated heterocycles. The molecule has 0 spiro atoms. The average Bonchev–Trinajstić information content (AvgIpc) is 3.46. The summed E-state index contributed by atoms with van der Waals surface area (Å²) in [4.78, 5) is 11.4. The second-order valence-corrected chi connectivity index (χ2v) is 10.2. The molecule has 33 heavy (non-hydrogen) atoms. The molecule has 0 radical (unpaired) electrons. The number of ether oxygens (including phenoxy) is 1. The van der Waals surface area contributed by atoms with Crippen LogP contribution >= 0.6 is 0 Å². The van der Waals surface area contributed by atoms with Gasteiger partial charge in [0.25, 0.3) is 0 Å². The van der Waals surface area contributed by atoms with E-state index in [2.05, 4.69) is 20.0 Å². The summed E-state index contributed by atoms with van der Waals surface area (Å²) in [6, 6.07) is 11.4. The second kappa shape index (κ2) is 8.51. The summed E-state index contributed by atoms with van der Waals surface area (Å²) in [7, 11) is -3.25. The van der Waals surface area contributed by atoms with Crippen LogP contribution in [0.25, 0.3) is 16.7 Å². The molecule has 1 fully saturated rings. The van der Waals surface area contributed by atoms with Crippen LogP contribution < -0.4 is 9.64 Å². The lowest BCUT2D eigenvalue weighted by Gasteiger charge is -2.30. The van der Waals surface area contributed by atoms with E-state index in [1.54, 1.807) is 24.4 Å². The van der Waals surface area contributed by atoms with Crippen LogP contribution in [0.4, 0.5) is 6.01 Å². The van der Waals surface area contributed by atoms with Crippen LogP contribution in [0.2, 0.25) is 0 Å². The minimum absolute atomic E-state index is 0.101. The van der Waals surface area contributed by atoms with E-state index in [9.17, 15) is 8.42 Å². The van der Waals surface area contributed by atoms with Gasteiger partial charge in [-0.15, -0.1) is 0 Å². The predicted molar refractivity (Wildman–Crippen MR) is 124 cm³/mol. The summed E-state index contributed by atoms with van der Waals surface area (Å²) in [5, 5.41) is 4.81. The van der Waals surface area contributed by atoms with Crippen LogP contribution in [0.15, 0.2) is 58.2 Å². The molecule has 0 N–H and O–H groups in total. The molecule has 4 heterocycles. The van der Waals surface area contributed by atoms with E-state index in [-0.39, 0.29) is 6.10 Å². The molecule has 0 saturated carbocycles. The van der Waals surface area contributed by atoms with E-state index in [0.29, 0.717) is 10.9 Å². The van der Waals surface area contributed by atoms with Crippen LogP contribution in [0, 0.1) is 0 Å². The Morgan fingerprint density at radius 2 is 1.97 bits per heavy atom. The fourth-order valence-electron chi connectivity index (χ4n) is 4.01. The highest BCUT2D eigenvalue weighted by Crippen LogP contribution is 2.25. The van der Waals surface area contributed by atoms with Gasteiger partial charge in [-0.2, -0.15) is 4.98 Å². The van der Waals surface area contributed by atoms with Crippen molar-refractivity contribution in [3.8, 4) is 11.6 Å². The summed E-state index contributed by atoms with van der Waals surface area (Å²) >= 11 is 0. The molecule has 10 heteroatoms. The topological polar surface area (TPSA) is 103 Å². The van der Waals surface area contributed by atoms with Crippen LogP contribution in [0.1, 0.15) is 25.6 Å². The van der Waals surface area contributed by atoms with Crippen molar-refractivity contribution in [3.63, 3.8) is 0 Å². The summed E-state index contributed by atoms with van der Waals surface area (Å²) in [5.74, 6) is 2.18. The molecule has 1 aliphatic heterocycles. The van der Waals surface area contributed by atoms with Gasteiger partial charge in [0.15, 0.2) is 15.7 Å². The maximum absolute atomic E-state index is 11.8. The summed E-state index contributed by atoms with van der Waals surface area (Å²) in [6.07, 6.45) is 7.40. The second-order valence-electron chi connectivity index (χ2n) is 8.18. The standard InChI is InChI=1S/C23H25N5O4S/c1-3-21-25-23(32-26-21)27-11-9-17(10-12-27)31-18-4-7-22(24-15-18)28-13-8-16-14-19(33(2,29)30)5-6-20(16)28/h4-8,13-15,17H,3,9-12H2,1-2H3. The number of rotatable bonds is 6. The van der Waals surface area contributed by atoms with Gasteiger partial charge in [0.1, 0.15) is 17.7 Å². The first-order chi connectivity index (χ1) is 15.9. The number of anilines is 1. The van der Waals surface area contributed by atoms with Gasteiger partial charge in [0, 0.05) is 50.2 Å². The van der Waals surface area contributed by atoms with Crippen molar-refractivity contribution in [3.05, 3.63) is 54.6 Å². The number of hydrogen-bond acceptors (Lipinski definition) is 8. The van der Waals surface area contributed by atoms with Crippen LogP contribution in [0.3, 0.4) is 0 Å². The Balaban J connectivity index is 1.24. The Morgan fingerprint density at radius 1 is 1.15 bits per heavy atom. The first kappa shape index (κ1) is 21.4. The van der Waals surface area contributed by atoms with Gasteiger partial charge < -0.3 is 18.7 Å². The Hall–Kier alpha value is -3.40. The highest BCUT2D eigenvalue weighted by atomic mass is 32.2. The number of hydrogen-bond donors (Lipinski definition) is 0. The maximum Gasteiger partial charge on any atom is 0.324 e. The summed E-state index contributed by atoms with van der Waals surface area (Å²) < 4.78 is 37.0. The maximum atomic E-state index is 11.8. The van der Waals surface area contributed by atoms with E-state index in [1.807, 2.05) is 35.9 Å². The molecule has 0 amide bonds. The molecule has 172 valence electrons. The number of pyridine rings is 1. The lowest BCUT2D eigenvalue weighted by Crippen LogP contribution is -2.38. The van der Waals surface area contributed by atoms with Gasteiger partial charge in [-0.05, 0) is 36.4 Å². The first-order valence-electron chi connectivity index (χ1n) is 10.9. The van der Waals surface area contributed by atoms with Gasteiger partial charge >= 0.3 is 6.01 Å². The van der Waals surface area contributed by atoms with Crippen LogP contribution in [-0.4, -0.2) is 53.6 Å². The lowest BCUT2D eigenvalue weighted by molar-refractivity contribution is 0.168. The van der Waals surface area contributed by atoms with E-state index in [0.717, 1.165) is 60.6 Å². The number of fused-ring (bicyclic) bond motifs is 1. The van der Waals surface area contributed by atoms with Gasteiger partial charge in [-0.1, -0.05) is 12.1 Å². The lowest BCUT2D eigenvalue weighted by atomic mass is 10.1. The third-order valence-electron chi connectivity index (χ3n) is 5.85. The fourth-order valence-corrected chi connectivity index (χ4v) is 4.67. The van der Waals surface area contributed by atoms with E-state index in [4.69, 9.17) is 9.26 Å². The Kier molecular flexibility index (Phi) is 5.53. The quantitative estimate of drug-likeness (QED) is 0.425. The largest absolute Gasteiger partial charge is 0.489 e. The van der Waals surface area contributed by atoms with E-state index >= 15 is 0 Å². The number of nitrogens with zero attached hydrogens (tertiary/aromatic N) is 5. The third-order valence-corrected chi connectivity index (χ3v) is 6.96. The van der Waals surface area contributed by atoms with Crippen molar-refractivity contribution in [2.24, 2.45) is 0 Å². The molecule has 0 bridgehead atoms. The number of aromatic nitrogens is 4. The molecule has 9 nitrogen and oxygen atoms in total. The van der Waals surface area contributed by atoms with E-state index in [1.165, 1.54) is 6.26 Å². The highest BCUT2D eigenvalue weighted by Gasteiger charge is 2.24. The molecule has 0 atom stereocenters. The Morgan fingerprint density at radius 3 is 2.64 bits per heavy atom. The van der Waals surface area contributed by atoms with Crippen molar-refractivity contribution in [1.82, 2.24) is 19.7 Å². The van der Waals surface area contributed by atoms with Crippen molar-refractivity contribution < 1.29 is 17.7 Å². The highest BCUT2D eigenvalue weighted by molar-refractivity contribution is 7.90. The molecule has 1 aromatic carbocycles. The molecule has 5 rings (SSSR count). The Bertz CT molecular complexity index is 1370. The fraction of sp³-hybridized carbons (Fsp3) is 0.348. The third kappa shape index (κ3) is 4.43. The zero-order chi connectivity index (χ0) is 23.0. The molecule has 3 aromatic heterocycles. The van der Waals surface area contributed by atoms with Crippen LogP contribution in [0.5, 0.6) is 5.75 Å². The first-order valence-corrected chi connectivity index (χ1v) is 12.8. The Labute approximate surface area is 191 Å². The summed E-state index contributed by atoms with van der Waals surface area (Å²) in [5.41, 5.74) is 0.892. The number of sulfone groups is 1. The zero-order valence-corrected chi connectivity index (χ0v) is 19.3. The molecule has 4 aromatic rings. The SMILES string of the molecule is CCc1noc(N2CCC(Oc3ccc(-n4ccc5cc(S(C)(=O)=O)ccc54)nc3)CC2)n1. The van der Waals surface area contributed by atoms with E-state index < -0.39 is 9.84 Å². The van der Waals surface area contributed by atoms with Gasteiger partial charge in [0.2, 0.25) is 0 Å². The summed E-state index contributed by atoms with van der Waals surface area (Å²) in [6.45, 7) is 3.60. The normalized spacial score (nSPS) is 15.3. The van der Waals surface area contributed by atoms with Gasteiger partial charge in [-0.25, -0.2) is 13.4 Å². The molecule has 1 aliphatic rings. The molecule has 0 aliphatic carbocycles. The minimum Gasteiger partial charge on any atom is -0.489 e. The van der Waals surface area contributed by atoms with Gasteiger partial charge in [0.05, 0.1) is 16.6 Å². The average molecular weight is 468 g/mol. The molecule has 0 unspecified atom stereocenters. The van der Waals surface area contributed by atoms with Crippen molar-refractivity contribution in [1.29, 1.82) is 0 Å². The number of benzene rings is 1. The van der Waals surface area contributed by atoms with Crippen molar-refractivity contribution >= 4 is 26.8 Å². The smallest absolute Gasteiger partial charge is 0.324 e. The molecular weight excluding hydrogens is 442 g/mol.